The first-order chi connectivity index (χ1) is 17.2. The third-order valence-corrected chi connectivity index (χ3v) is 6.03. The van der Waals surface area contributed by atoms with Crippen molar-refractivity contribution in [2.24, 2.45) is 5.92 Å². The number of methoxy groups -OCH3 is 1. The Morgan fingerprint density at radius 1 is 1.00 bits per heavy atom. The largest absolute Gasteiger partial charge is 0.468 e. The minimum atomic E-state index is -0.776. The number of aromatic nitrogens is 2. The lowest BCUT2D eigenvalue weighted by Crippen LogP contribution is -2.50. The lowest BCUT2D eigenvalue weighted by molar-refractivity contribution is -0.149. The van der Waals surface area contributed by atoms with E-state index in [0.29, 0.717) is 23.0 Å². The molecule has 192 valence electrons. The molecule has 1 N–H and O–H groups in total. The number of hydrogen-bond donors (Lipinski definition) is 1. The van der Waals surface area contributed by atoms with E-state index in [1.165, 1.54) is 7.11 Å². The van der Waals surface area contributed by atoms with Gasteiger partial charge in [-0.1, -0.05) is 67.4 Å². The molecule has 0 radical (unpaired) electrons. The number of carbonyl (C=O) groups is 2. The normalized spacial score (nSPS) is 12.8. The smallest absolute Gasteiger partial charge is 0.323 e. The SMILES string of the molecule is COC(=O)C(Cc1cncn1Cc1cc(Cl)cc(Cl)c1)NC(CC(C)C)C(=O)OCc1ccccc1. The van der Waals surface area contributed by atoms with Crippen LogP contribution in [-0.2, 0) is 38.6 Å². The molecule has 3 rings (SSSR count). The van der Waals surface area contributed by atoms with Crippen molar-refractivity contribution in [2.75, 3.05) is 7.11 Å². The topological polar surface area (TPSA) is 82.5 Å². The van der Waals surface area contributed by atoms with Crippen LogP contribution in [0, 0.1) is 5.92 Å². The fraction of sp³-hybridized carbons (Fsp3) is 0.370. The molecule has 0 saturated carbocycles. The first-order valence-corrected chi connectivity index (χ1v) is 12.5. The van der Waals surface area contributed by atoms with Gasteiger partial charge in [0.05, 0.1) is 13.4 Å². The highest BCUT2D eigenvalue weighted by molar-refractivity contribution is 6.34. The first-order valence-electron chi connectivity index (χ1n) is 11.7. The van der Waals surface area contributed by atoms with Gasteiger partial charge >= 0.3 is 11.9 Å². The number of benzene rings is 2. The highest BCUT2D eigenvalue weighted by Gasteiger charge is 2.29. The second-order valence-corrected chi connectivity index (χ2v) is 9.89. The van der Waals surface area contributed by atoms with Crippen LogP contribution in [0.25, 0.3) is 0 Å². The molecular formula is C27H31Cl2N3O4. The number of rotatable bonds is 12. The van der Waals surface area contributed by atoms with Gasteiger partial charge in [-0.3, -0.25) is 14.9 Å². The van der Waals surface area contributed by atoms with Gasteiger partial charge in [0.1, 0.15) is 18.7 Å². The molecule has 3 aromatic rings. The number of ether oxygens (including phenoxy) is 2. The van der Waals surface area contributed by atoms with Gasteiger partial charge in [0.25, 0.3) is 0 Å². The van der Waals surface area contributed by atoms with E-state index < -0.39 is 24.0 Å². The number of esters is 2. The molecule has 2 unspecified atom stereocenters. The van der Waals surface area contributed by atoms with Crippen molar-refractivity contribution in [1.29, 1.82) is 0 Å². The van der Waals surface area contributed by atoms with Gasteiger partial charge in [-0.05, 0) is 41.7 Å². The van der Waals surface area contributed by atoms with Gasteiger partial charge in [0.2, 0.25) is 0 Å². The molecule has 0 amide bonds. The molecule has 0 fully saturated rings. The van der Waals surface area contributed by atoms with Crippen LogP contribution in [0.2, 0.25) is 10.0 Å². The summed E-state index contributed by atoms with van der Waals surface area (Å²) in [6.07, 6.45) is 4.14. The van der Waals surface area contributed by atoms with Gasteiger partial charge in [-0.2, -0.15) is 0 Å². The molecule has 0 spiro atoms. The molecule has 2 atom stereocenters. The van der Waals surface area contributed by atoms with Crippen LogP contribution < -0.4 is 5.32 Å². The summed E-state index contributed by atoms with van der Waals surface area (Å²) in [4.78, 5) is 30.0. The monoisotopic (exact) mass is 531 g/mol. The summed E-state index contributed by atoms with van der Waals surface area (Å²) < 4.78 is 12.5. The summed E-state index contributed by atoms with van der Waals surface area (Å²) in [6, 6.07) is 13.3. The quantitative estimate of drug-likeness (QED) is 0.328. The first kappa shape index (κ1) is 27.7. The summed E-state index contributed by atoms with van der Waals surface area (Å²) in [5.74, 6) is -0.690. The molecule has 0 saturated heterocycles. The van der Waals surface area contributed by atoms with Gasteiger partial charge in [0.15, 0.2) is 0 Å². The molecule has 0 aliphatic rings. The van der Waals surface area contributed by atoms with E-state index in [1.807, 2.05) is 60.9 Å². The number of nitrogens with one attached hydrogen (secondary N) is 1. The fourth-order valence-corrected chi connectivity index (χ4v) is 4.47. The van der Waals surface area contributed by atoms with Crippen LogP contribution in [0.3, 0.4) is 0 Å². The predicted octanol–water partition coefficient (Wildman–Crippen LogP) is 5.07. The third-order valence-electron chi connectivity index (χ3n) is 5.59. The van der Waals surface area contributed by atoms with E-state index in [0.717, 1.165) is 16.8 Å². The second kappa shape index (κ2) is 13.4. The lowest BCUT2D eigenvalue weighted by Gasteiger charge is -2.25. The molecule has 2 aromatic carbocycles. The average Bonchev–Trinajstić information content (AvgIpc) is 3.27. The molecule has 7 nitrogen and oxygen atoms in total. The van der Waals surface area contributed by atoms with Crippen molar-refractivity contribution in [1.82, 2.24) is 14.9 Å². The van der Waals surface area contributed by atoms with Crippen LogP contribution >= 0.6 is 23.2 Å². The number of carbonyl (C=O) groups excluding carboxylic acids is 2. The Labute approximate surface area is 221 Å². The van der Waals surface area contributed by atoms with E-state index in [-0.39, 0.29) is 18.9 Å². The fourth-order valence-electron chi connectivity index (χ4n) is 3.90. The van der Waals surface area contributed by atoms with Gasteiger partial charge in [-0.25, -0.2) is 4.98 Å². The van der Waals surface area contributed by atoms with Crippen molar-refractivity contribution in [3.05, 3.63) is 87.9 Å². The highest BCUT2D eigenvalue weighted by atomic mass is 35.5. The Morgan fingerprint density at radius 3 is 2.33 bits per heavy atom. The summed E-state index contributed by atoms with van der Waals surface area (Å²) in [6.45, 7) is 4.65. The van der Waals surface area contributed by atoms with Crippen LogP contribution in [0.4, 0.5) is 0 Å². The van der Waals surface area contributed by atoms with E-state index in [9.17, 15) is 9.59 Å². The molecule has 9 heteroatoms. The molecule has 1 heterocycles. The zero-order chi connectivity index (χ0) is 26.1. The standard InChI is InChI=1S/C27H31Cl2N3O4/c1-18(2)9-24(27(34)36-16-19-7-5-4-6-8-19)31-25(26(33)35-3)13-23-14-30-17-32(23)15-20-10-21(28)12-22(29)11-20/h4-8,10-12,14,17-18,24-25,31H,9,13,15-16H2,1-3H3. The molecular weight excluding hydrogens is 501 g/mol. The van der Waals surface area contributed by atoms with Crippen molar-refractivity contribution in [3.8, 4) is 0 Å². The minimum absolute atomic E-state index is 0.161. The maximum Gasteiger partial charge on any atom is 0.323 e. The Kier molecular flexibility index (Phi) is 10.3. The maximum absolute atomic E-state index is 13.0. The molecule has 0 aliphatic carbocycles. The molecule has 0 aliphatic heterocycles. The van der Waals surface area contributed by atoms with Crippen LogP contribution in [0.5, 0.6) is 0 Å². The maximum atomic E-state index is 13.0. The van der Waals surface area contributed by atoms with Crippen molar-refractivity contribution in [3.63, 3.8) is 0 Å². The molecule has 1 aromatic heterocycles. The van der Waals surface area contributed by atoms with Crippen molar-refractivity contribution < 1.29 is 19.1 Å². The number of imidazole rings is 1. The predicted molar refractivity (Wildman–Crippen MR) is 140 cm³/mol. The van der Waals surface area contributed by atoms with Crippen LogP contribution in [0.15, 0.2) is 61.1 Å². The summed E-state index contributed by atoms with van der Waals surface area (Å²) in [7, 11) is 1.33. The Hall–Kier alpha value is -2.87. The Balaban J connectivity index is 1.74. The number of nitrogens with zero attached hydrogens (tertiary/aromatic N) is 2. The van der Waals surface area contributed by atoms with E-state index in [4.69, 9.17) is 32.7 Å². The van der Waals surface area contributed by atoms with E-state index in [1.54, 1.807) is 18.6 Å². The van der Waals surface area contributed by atoms with Crippen LogP contribution in [-0.4, -0.2) is 40.7 Å². The van der Waals surface area contributed by atoms with Gasteiger partial charge in [-0.15, -0.1) is 0 Å². The highest BCUT2D eigenvalue weighted by Crippen LogP contribution is 2.20. The third kappa shape index (κ3) is 8.36. The van der Waals surface area contributed by atoms with Gasteiger partial charge < -0.3 is 14.0 Å². The Bertz CT molecular complexity index is 1130. The van der Waals surface area contributed by atoms with E-state index in [2.05, 4.69) is 10.3 Å². The average molecular weight is 532 g/mol. The zero-order valence-corrected chi connectivity index (χ0v) is 22.1. The van der Waals surface area contributed by atoms with E-state index >= 15 is 0 Å². The van der Waals surface area contributed by atoms with Gasteiger partial charge in [0, 0.05) is 34.9 Å². The lowest BCUT2D eigenvalue weighted by atomic mass is 10.0. The minimum Gasteiger partial charge on any atom is -0.468 e. The van der Waals surface area contributed by atoms with Crippen molar-refractivity contribution >= 4 is 35.1 Å². The molecule has 36 heavy (non-hydrogen) atoms. The Morgan fingerprint density at radius 2 is 1.69 bits per heavy atom. The number of halogens is 2. The summed E-state index contributed by atoms with van der Waals surface area (Å²) >= 11 is 12.3. The molecule has 0 bridgehead atoms. The van der Waals surface area contributed by atoms with Crippen LogP contribution in [0.1, 0.15) is 37.1 Å². The summed E-state index contributed by atoms with van der Waals surface area (Å²) in [5, 5.41) is 4.27. The van der Waals surface area contributed by atoms with Crippen molar-refractivity contribution in [2.45, 2.75) is 51.9 Å². The summed E-state index contributed by atoms with van der Waals surface area (Å²) in [5.41, 5.74) is 2.58. The zero-order valence-electron chi connectivity index (χ0n) is 20.6. The number of hydrogen-bond acceptors (Lipinski definition) is 6. The second-order valence-electron chi connectivity index (χ2n) is 9.01.